The molecule has 0 amide bonds. The molecule has 0 fully saturated rings. The molecule has 2 aromatic carbocycles. The highest BCUT2D eigenvalue weighted by molar-refractivity contribution is 6.30. The van der Waals surface area contributed by atoms with Crippen LogP contribution >= 0.6 is 11.6 Å². The van der Waals surface area contributed by atoms with Gasteiger partial charge in [0.2, 0.25) is 0 Å². The van der Waals surface area contributed by atoms with Gasteiger partial charge in [-0.3, -0.25) is 4.98 Å². The third kappa shape index (κ3) is 1.85. The van der Waals surface area contributed by atoms with Crippen LogP contribution in [0.3, 0.4) is 0 Å². The van der Waals surface area contributed by atoms with E-state index in [-0.39, 0.29) is 0 Å². The van der Waals surface area contributed by atoms with Gasteiger partial charge in [-0.1, -0.05) is 29.8 Å². The van der Waals surface area contributed by atoms with Crippen LogP contribution in [0.15, 0.2) is 51.7 Å². The molecule has 84 valence electrons. The van der Waals surface area contributed by atoms with E-state index in [1.807, 2.05) is 42.5 Å². The van der Waals surface area contributed by atoms with Crippen LogP contribution in [0.25, 0.3) is 22.2 Å². The molecular formula is C13H8ClNO2. The Labute approximate surface area is 102 Å². The first kappa shape index (κ1) is 10.2. The molecule has 0 aliphatic heterocycles. The molecule has 1 aromatic heterocycles. The van der Waals surface area contributed by atoms with Crippen LogP contribution in [0.4, 0.5) is 0 Å². The van der Waals surface area contributed by atoms with Crippen molar-refractivity contribution in [2.24, 2.45) is 0 Å². The van der Waals surface area contributed by atoms with Crippen LogP contribution in [0.2, 0.25) is 5.02 Å². The van der Waals surface area contributed by atoms with Crippen LogP contribution < -0.4 is 5.76 Å². The van der Waals surface area contributed by atoms with Gasteiger partial charge in [0, 0.05) is 5.02 Å². The third-order valence-electron chi connectivity index (χ3n) is 2.58. The van der Waals surface area contributed by atoms with Crippen LogP contribution in [0.5, 0.6) is 0 Å². The number of oxazole rings is 1. The zero-order valence-electron chi connectivity index (χ0n) is 8.74. The summed E-state index contributed by atoms with van der Waals surface area (Å²) in [4.78, 5) is 13.6. The lowest BCUT2D eigenvalue weighted by Gasteiger charge is -2.01. The fraction of sp³-hybridized carbons (Fsp3) is 0. The molecule has 3 aromatic rings. The smallest absolute Gasteiger partial charge is 0.408 e. The van der Waals surface area contributed by atoms with Crippen LogP contribution in [0.1, 0.15) is 0 Å². The van der Waals surface area contributed by atoms with Crippen molar-refractivity contribution in [3.8, 4) is 11.1 Å². The summed E-state index contributed by atoms with van der Waals surface area (Å²) < 4.78 is 5.02. The van der Waals surface area contributed by atoms with E-state index in [0.717, 1.165) is 11.1 Å². The summed E-state index contributed by atoms with van der Waals surface area (Å²) in [5, 5.41) is 0.679. The Morgan fingerprint density at radius 1 is 1.06 bits per heavy atom. The minimum absolute atomic E-state index is 0.441. The lowest BCUT2D eigenvalue weighted by Crippen LogP contribution is -1.92. The highest BCUT2D eigenvalue weighted by atomic mass is 35.5. The first-order valence-corrected chi connectivity index (χ1v) is 5.49. The molecule has 1 heterocycles. The summed E-state index contributed by atoms with van der Waals surface area (Å²) in [5.74, 6) is -0.441. The van der Waals surface area contributed by atoms with Gasteiger partial charge in [0.1, 0.15) is 0 Å². The van der Waals surface area contributed by atoms with Crippen molar-refractivity contribution >= 4 is 22.7 Å². The van der Waals surface area contributed by atoms with Gasteiger partial charge in [0.15, 0.2) is 5.58 Å². The van der Waals surface area contributed by atoms with E-state index in [2.05, 4.69) is 4.98 Å². The van der Waals surface area contributed by atoms with Gasteiger partial charge >= 0.3 is 5.76 Å². The van der Waals surface area contributed by atoms with Crippen LogP contribution in [0, 0.1) is 0 Å². The number of aromatic amines is 1. The molecule has 17 heavy (non-hydrogen) atoms. The van der Waals surface area contributed by atoms with Crippen LogP contribution in [-0.4, -0.2) is 4.98 Å². The number of fused-ring (bicyclic) bond motifs is 1. The molecule has 4 heteroatoms. The third-order valence-corrected chi connectivity index (χ3v) is 2.81. The average Bonchev–Trinajstić information content (AvgIpc) is 2.68. The van der Waals surface area contributed by atoms with Crippen molar-refractivity contribution in [1.82, 2.24) is 4.98 Å². The lowest BCUT2D eigenvalue weighted by atomic mass is 10.1. The number of nitrogens with one attached hydrogen (secondary N) is 1. The SMILES string of the molecule is O=c1[nH]c2ccc(-c3cccc(Cl)c3)cc2o1. The topological polar surface area (TPSA) is 46.0 Å². The summed E-state index contributed by atoms with van der Waals surface area (Å²) in [5.41, 5.74) is 3.19. The Kier molecular flexibility index (Phi) is 2.27. The van der Waals surface area contributed by atoms with Crippen molar-refractivity contribution in [3.05, 3.63) is 58.0 Å². The fourth-order valence-electron chi connectivity index (χ4n) is 1.79. The zero-order chi connectivity index (χ0) is 11.8. The maximum absolute atomic E-state index is 11.0. The van der Waals surface area contributed by atoms with Gasteiger partial charge in [-0.05, 0) is 35.4 Å². The van der Waals surface area contributed by atoms with E-state index in [0.29, 0.717) is 16.1 Å². The molecule has 0 radical (unpaired) electrons. The Bertz CT molecular complexity index is 742. The molecule has 0 saturated heterocycles. The van der Waals surface area contributed by atoms with Crippen molar-refractivity contribution in [3.63, 3.8) is 0 Å². The number of halogens is 1. The molecule has 0 bridgehead atoms. The monoisotopic (exact) mass is 245 g/mol. The second-order valence-corrected chi connectivity index (χ2v) is 4.17. The van der Waals surface area contributed by atoms with Gasteiger partial charge in [-0.2, -0.15) is 0 Å². The van der Waals surface area contributed by atoms with Gasteiger partial charge in [0.05, 0.1) is 5.52 Å². The number of H-pyrrole nitrogens is 1. The average molecular weight is 246 g/mol. The van der Waals surface area contributed by atoms with E-state index < -0.39 is 5.76 Å². The van der Waals surface area contributed by atoms with E-state index in [1.165, 1.54) is 0 Å². The van der Waals surface area contributed by atoms with Crippen molar-refractivity contribution in [2.45, 2.75) is 0 Å². The molecular weight excluding hydrogens is 238 g/mol. The first-order valence-electron chi connectivity index (χ1n) is 5.11. The molecule has 0 spiro atoms. The quantitative estimate of drug-likeness (QED) is 0.714. The second kappa shape index (κ2) is 3.79. The largest absolute Gasteiger partial charge is 0.417 e. The number of hydrogen-bond donors (Lipinski definition) is 1. The van der Waals surface area contributed by atoms with Gasteiger partial charge in [-0.25, -0.2) is 4.79 Å². The number of benzene rings is 2. The minimum atomic E-state index is -0.441. The molecule has 0 aliphatic rings. The van der Waals surface area contributed by atoms with Gasteiger partial charge in [-0.15, -0.1) is 0 Å². The van der Waals surface area contributed by atoms with Crippen molar-refractivity contribution in [2.75, 3.05) is 0 Å². The normalized spacial score (nSPS) is 10.9. The zero-order valence-corrected chi connectivity index (χ0v) is 9.49. The summed E-state index contributed by atoms with van der Waals surface area (Å²) in [6.45, 7) is 0. The van der Waals surface area contributed by atoms with Gasteiger partial charge in [0.25, 0.3) is 0 Å². The highest BCUT2D eigenvalue weighted by Gasteiger charge is 2.04. The Hall–Kier alpha value is -2.00. The minimum Gasteiger partial charge on any atom is -0.408 e. The summed E-state index contributed by atoms with van der Waals surface area (Å²) in [6.07, 6.45) is 0. The predicted molar refractivity (Wildman–Crippen MR) is 67.3 cm³/mol. The van der Waals surface area contributed by atoms with E-state index in [1.54, 1.807) is 0 Å². The molecule has 0 saturated carbocycles. The molecule has 0 aliphatic carbocycles. The molecule has 0 atom stereocenters. The van der Waals surface area contributed by atoms with Crippen molar-refractivity contribution in [1.29, 1.82) is 0 Å². The van der Waals surface area contributed by atoms with Crippen molar-refractivity contribution < 1.29 is 4.42 Å². The summed E-state index contributed by atoms with van der Waals surface area (Å²) >= 11 is 5.94. The second-order valence-electron chi connectivity index (χ2n) is 3.74. The Morgan fingerprint density at radius 3 is 2.71 bits per heavy atom. The number of aromatic nitrogens is 1. The molecule has 0 unspecified atom stereocenters. The highest BCUT2D eigenvalue weighted by Crippen LogP contribution is 2.25. The molecule has 3 rings (SSSR count). The maximum Gasteiger partial charge on any atom is 0.417 e. The predicted octanol–water partition coefficient (Wildman–Crippen LogP) is 3.44. The number of rotatable bonds is 1. The van der Waals surface area contributed by atoms with E-state index >= 15 is 0 Å². The maximum atomic E-state index is 11.0. The molecule has 3 nitrogen and oxygen atoms in total. The Morgan fingerprint density at radius 2 is 1.88 bits per heavy atom. The van der Waals surface area contributed by atoms with E-state index in [4.69, 9.17) is 16.0 Å². The van der Waals surface area contributed by atoms with E-state index in [9.17, 15) is 4.79 Å². The van der Waals surface area contributed by atoms with Gasteiger partial charge < -0.3 is 4.42 Å². The summed E-state index contributed by atoms with van der Waals surface area (Å²) in [6, 6.07) is 13.1. The van der Waals surface area contributed by atoms with Crippen LogP contribution in [-0.2, 0) is 0 Å². The fourth-order valence-corrected chi connectivity index (χ4v) is 1.98. The summed E-state index contributed by atoms with van der Waals surface area (Å²) in [7, 11) is 0. The molecule has 1 N–H and O–H groups in total. The lowest BCUT2D eigenvalue weighted by molar-refractivity contribution is 0.555. The Balaban J connectivity index is 2.20. The standard InChI is InChI=1S/C13H8ClNO2/c14-10-3-1-2-8(6-10)9-4-5-11-12(7-9)17-13(16)15-11/h1-7H,(H,15,16). The number of hydrogen-bond acceptors (Lipinski definition) is 2. The first-order chi connectivity index (χ1) is 8.22.